The maximum absolute atomic E-state index is 11.7. The third kappa shape index (κ3) is 3.57. The summed E-state index contributed by atoms with van der Waals surface area (Å²) in [5.74, 6) is -2.96. The van der Waals surface area contributed by atoms with Gasteiger partial charge < -0.3 is 15.7 Å². The molecule has 2 rings (SSSR count). The number of carbonyl (C=O) groups is 3. The molecule has 1 aliphatic rings. The van der Waals surface area contributed by atoms with Crippen LogP contribution < -0.4 is 10.6 Å². The Hall–Kier alpha value is -2.37. The Labute approximate surface area is 116 Å². The Balaban J connectivity index is 1.93. The summed E-state index contributed by atoms with van der Waals surface area (Å²) in [4.78, 5) is 34.3. The van der Waals surface area contributed by atoms with E-state index in [9.17, 15) is 14.4 Å². The number of amides is 2. The maximum Gasteiger partial charge on any atom is 0.326 e. The highest BCUT2D eigenvalue weighted by Gasteiger charge is 2.38. The van der Waals surface area contributed by atoms with Gasteiger partial charge in [-0.2, -0.15) is 0 Å². The molecular formula is C14H16N2O4. The van der Waals surface area contributed by atoms with Gasteiger partial charge in [0.1, 0.15) is 6.04 Å². The molecule has 1 aromatic rings. The van der Waals surface area contributed by atoms with Crippen LogP contribution in [0.3, 0.4) is 0 Å². The van der Waals surface area contributed by atoms with Crippen molar-refractivity contribution in [2.45, 2.75) is 25.8 Å². The highest BCUT2D eigenvalue weighted by atomic mass is 16.4. The Morgan fingerprint density at radius 2 is 1.75 bits per heavy atom. The summed E-state index contributed by atoms with van der Waals surface area (Å²) in [5.41, 5.74) is 1.53. The van der Waals surface area contributed by atoms with Crippen LogP contribution in [0.2, 0.25) is 0 Å². The predicted octanol–water partition coefficient (Wildman–Crippen LogP) is 0.913. The summed E-state index contributed by atoms with van der Waals surface area (Å²) >= 11 is 0. The van der Waals surface area contributed by atoms with Crippen molar-refractivity contribution in [3.05, 3.63) is 29.8 Å². The quantitative estimate of drug-likeness (QED) is 0.712. The number of carboxylic acid groups (broad SMARTS) is 1. The van der Waals surface area contributed by atoms with Gasteiger partial charge in [0.05, 0.1) is 0 Å². The van der Waals surface area contributed by atoms with E-state index >= 15 is 0 Å². The van der Waals surface area contributed by atoms with Crippen LogP contribution in [0.25, 0.3) is 0 Å². The largest absolute Gasteiger partial charge is 0.480 e. The summed E-state index contributed by atoms with van der Waals surface area (Å²) in [5, 5.41) is 13.7. The molecule has 0 aromatic heterocycles. The SMILES string of the molecule is Cc1ccc(NC(=O)C(=O)NC(C(=O)O)C2CC2)cc1. The molecule has 0 aliphatic heterocycles. The summed E-state index contributed by atoms with van der Waals surface area (Å²) in [6.45, 7) is 1.91. The number of benzene rings is 1. The molecule has 3 N–H and O–H groups in total. The van der Waals surface area contributed by atoms with Crippen molar-refractivity contribution in [2.75, 3.05) is 5.32 Å². The number of hydrogen-bond acceptors (Lipinski definition) is 3. The summed E-state index contributed by atoms with van der Waals surface area (Å²) in [6, 6.07) is 5.98. The monoisotopic (exact) mass is 276 g/mol. The molecule has 0 radical (unpaired) electrons. The van der Waals surface area contributed by atoms with E-state index in [-0.39, 0.29) is 5.92 Å². The maximum atomic E-state index is 11.7. The lowest BCUT2D eigenvalue weighted by molar-refractivity contribution is -0.144. The lowest BCUT2D eigenvalue weighted by Crippen LogP contribution is -2.46. The number of rotatable bonds is 4. The van der Waals surface area contributed by atoms with E-state index in [2.05, 4.69) is 10.6 Å². The molecular weight excluding hydrogens is 260 g/mol. The number of nitrogens with one attached hydrogen (secondary N) is 2. The Bertz CT molecular complexity index is 535. The van der Waals surface area contributed by atoms with Gasteiger partial charge in [0.25, 0.3) is 0 Å². The fraction of sp³-hybridized carbons (Fsp3) is 0.357. The fourth-order valence-corrected chi connectivity index (χ4v) is 1.84. The smallest absolute Gasteiger partial charge is 0.326 e. The van der Waals surface area contributed by atoms with Crippen LogP contribution in [0.4, 0.5) is 5.69 Å². The third-order valence-corrected chi connectivity index (χ3v) is 3.16. The van der Waals surface area contributed by atoms with Gasteiger partial charge >= 0.3 is 17.8 Å². The van der Waals surface area contributed by atoms with E-state index in [0.29, 0.717) is 5.69 Å². The van der Waals surface area contributed by atoms with E-state index in [4.69, 9.17) is 5.11 Å². The van der Waals surface area contributed by atoms with Crippen LogP contribution in [-0.4, -0.2) is 28.9 Å². The van der Waals surface area contributed by atoms with Gasteiger partial charge in [-0.05, 0) is 37.8 Å². The molecule has 6 heteroatoms. The average molecular weight is 276 g/mol. The summed E-state index contributed by atoms with van der Waals surface area (Å²) in [7, 11) is 0. The van der Waals surface area contributed by atoms with Crippen molar-refractivity contribution in [1.29, 1.82) is 0 Å². The third-order valence-electron chi connectivity index (χ3n) is 3.16. The molecule has 1 saturated carbocycles. The van der Waals surface area contributed by atoms with E-state index < -0.39 is 23.8 Å². The zero-order valence-corrected chi connectivity index (χ0v) is 11.1. The topological polar surface area (TPSA) is 95.5 Å². The minimum Gasteiger partial charge on any atom is -0.480 e. The van der Waals surface area contributed by atoms with Gasteiger partial charge in [-0.15, -0.1) is 0 Å². The average Bonchev–Trinajstić information content (AvgIpc) is 3.22. The van der Waals surface area contributed by atoms with Gasteiger partial charge in [-0.25, -0.2) is 4.79 Å². The van der Waals surface area contributed by atoms with Gasteiger partial charge in [0.2, 0.25) is 0 Å². The van der Waals surface area contributed by atoms with Crippen molar-refractivity contribution in [3.8, 4) is 0 Å². The van der Waals surface area contributed by atoms with Crippen LogP contribution in [0.5, 0.6) is 0 Å². The van der Waals surface area contributed by atoms with Crippen LogP contribution >= 0.6 is 0 Å². The number of aryl methyl sites for hydroxylation is 1. The second-order valence-electron chi connectivity index (χ2n) is 4.95. The van der Waals surface area contributed by atoms with Crippen molar-refractivity contribution >= 4 is 23.5 Å². The molecule has 0 spiro atoms. The molecule has 6 nitrogen and oxygen atoms in total. The lowest BCUT2D eigenvalue weighted by atomic mass is 10.2. The van der Waals surface area contributed by atoms with Gasteiger partial charge in [-0.3, -0.25) is 9.59 Å². The second kappa shape index (κ2) is 5.73. The Morgan fingerprint density at radius 3 is 2.25 bits per heavy atom. The molecule has 1 atom stereocenters. The summed E-state index contributed by atoms with van der Waals surface area (Å²) < 4.78 is 0. The zero-order chi connectivity index (χ0) is 14.7. The standard InChI is InChI=1S/C14H16N2O4/c1-8-2-6-10(7-3-8)15-12(17)13(18)16-11(14(19)20)9-4-5-9/h2-3,6-7,9,11H,4-5H2,1H3,(H,15,17)(H,16,18)(H,19,20). The molecule has 1 aliphatic carbocycles. The van der Waals surface area contributed by atoms with Crippen molar-refractivity contribution < 1.29 is 19.5 Å². The number of anilines is 1. The lowest BCUT2D eigenvalue weighted by Gasteiger charge is -2.13. The van der Waals surface area contributed by atoms with E-state index in [1.807, 2.05) is 6.92 Å². The molecule has 1 unspecified atom stereocenters. The molecule has 0 heterocycles. The van der Waals surface area contributed by atoms with Crippen LogP contribution in [0.1, 0.15) is 18.4 Å². The van der Waals surface area contributed by atoms with E-state index in [0.717, 1.165) is 18.4 Å². The van der Waals surface area contributed by atoms with Crippen molar-refractivity contribution in [1.82, 2.24) is 5.32 Å². The first-order valence-electron chi connectivity index (χ1n) is 6.38. The van der Waals surface area contributed by atoms with Crippen LogP contribution in [0.15, 0.2) is 24.3 Å². The molecule has 0 bridgehead atoms. The zero-order valence-electron chi connectivity index (χ0n) is 11.1. The highest BCUT2D eigenvalue weighted by Crippen LogP contribution is 2.32. The van der Waals surface area contributed by atoms with Gasteiger partial charge in [-0.1, -0.05) is 17.7 Å². The van der Waals surface area contributed by atoms with Crippen molar-refractivity contribution in [2.24, 2.45) is 5.92 Å². The summed E-state index contributed by atoms with van der Waals surface area (Å²) in [6.07, 6.45) is 1.52. The second-order valence-corrected chi connectivity index (χ2v) is 4.95. The van der Waals surface area contributed by atoms with E-state index in [1.165, 1.54) is 0 Å². The molecule has 20 heavy (non-hydrogen) atoms. The first-order valence-corrected chi connectivity index (χ1v) is 6.38. The fourth-order valence-electron chi connectivity index (χ4n) is 1.84. The highest BCUT2D eigenvalue weighted by molar-refractivity contribution is 6.40. The Morgan fingerprint density at radius 1 is 1.15 bits per heavy atom. The van der Waals surface area contributed by atoms with Crippen LogP contribution in [0, 0.1) is 12.8 Å². The number of hydrogen-bond donors (Lipinski definition) is 3. The number of carboxylic acids is 1. The Kier molecular flexibility index (Phi) is 4.02. The molecule has 0 saturated heterocycles. The van der Waals surface area contributed by atoms with Gasteiger partial charge in [0.15, 0.2) is 0 Å². The normalized spacial score (nSPS) is 15.2. The van der Waals surface area contributed by atoms with E-state index in [1.54, 1.807) is 24.3 Å². The predicted molar refractivity (Wildman–Crippen MR) is 72.1 cm³/mol. The number of aliphatic carboxylic acids is 1. The molecule has 2 amide bonds. The van der Waals surface area contributed by atoms with Crippen molar-refractivity contribution in [3.63, 3.8) is 0 Å². The molecule has 106 valence electrons. The first kappa shape index (κ1) is 14.0. The molecule has 1 fully saturated rings. The molecule has 1 aromatic carbocycles. The van der Waals surface area contributed by atoms with Crippen LogP contribution in [-0.2, 0) is 14.4 Å². The minimum atomic E-state index is -1.11. The minimum absolute atomic E-state index is 0.0661. The number of carbonyl (C=O) groups excluding carboxylic acids is 2. The first-order chi connectivity index (χ1) is 9.47. The van der Waals surface area contributed by atoms with Gasteiger partial charge in [0, 0.05) is 5.69 Å².